The highest BCUT2D eigenvalue weighted by Gasteiger charge is 2.52. The van der Waals surface area contributed by atoms with Crippen LogP contribution in [-0.4, -0.2) is 27.3 Å². The number of esters is 1. The number of amides is 1. The van der Waals surface area contributed by atoms with Crippen molar-refractivity contribution in [1.82, 2.24) is 9.78 Å². The maximum Gasteiger partial charge on any atom is 0.307 e. The van der Waals surface area contributed by atoms with Crippen molar-refractivity contribution in [3.05, 3.63) is 11.4 Å². The molecular weight excluding hydrogens is 282 g/mol. The number of carbonyl (C=O) groups excluding carboxylic acids is 2. The van der Waals surface area contributed by atoms with Crippen LogP contribution in [-0.2, 0) is 21.4 Å². The number of rotatable bonds is 2. The first kappa shape index (κ1) is 15.1. The Bertz CT molecular complexity index is 614. The second-order valence-electron chi connectivity index (χ2n) is 6.51. The molecule has 1 atom stereocenters. The first-order valence-electron chi connectivity index (χ1n) is 7.96. The van der Waals surface area contributed by atoms with Crippen LogP contribution in [0.15, 0.2) is 0 Å². The molecular formula is C16H23N3O3. The zero-order valence-corrected chi connectivity index (χ0v) is 13.4. The average Bonchev–Trinajstić information content (AvgIpc) is 2.91. The molecule has 0 radical (unpaired) electrons. The van der Waals surface area contributed by atoms with E-state index in [0.717, 1.165) is 49.2 Å². The summed E-state index contributed by atoms with van der Waals surface area (Å²) in [6, 6.07) is 0. The summed E-state index contributed by atoms with van der Waals surface area (Å²) in [5.41, 5.74) is 1.87. The van der Waals surface area contributed by atoms with E-state index < -0.39 is 5.60 Å². The molecule has 6 nitrogen and oxygen atoms in total. The van der Waals surface area contributed by atoms with Crippen LogP contribution in [0, 0.1) is 19.8 Å². The van der Waals surface area contributed by atoms with Gasteiger partial charge in [-0.05, 0) is 39.5 Å². The first-order chi connectivity index (χ1) is 10.4. The van der Waals surface area contributed by atoms with Crippen molar-refractivity contribution in [3.8, 4) is 0 Å². The minimum absolute atomic E-state index is 0.119. The second kappa shape index (κ2) is 5.41. The number of ether oxygens (including phenoxy) is 1. The maximum atomic E-state index is 12.8. The van der Waals surface area contributed by atoms with Gasteiger partial charge in [0.05, 0.1) is 29.4 Å². The third-order valence-corrected chi connectivity index (χ3v) is 5.10. The minimum atomic E-state index is -0.580. The SMILES string of the molecule is Cc1nn(C)c(C)c1NC(=O)[C@H]1CC(=O)OC12CCCCC2. The van der Waals surface area contributed by atoms with Gasteiger partial charge in [0.2, 0.25) is 5.91 Å². The van der Waals surface area contributed by atoms with Crippen LogP contribution >= 0.6 is 0 Å². The number of nitrogens with one attached hydrogen (secondary N) is 1. The van der Waals surface area contributed by atoms with Crippen molar-refractivity contribution in [2.24, 2.45) is 13.0 Å². The number of aryl methyl sites for hydroxylation is 2. The Morgan fingerprint density at radius 2 is 2.00 bits per heavy atom. The number of hydrogen-bond acceptors (Lipinski definition) is 4. The molecule has 2 heterocycles. The monoisotopic (exact) mass is 305 g/mol. The third kappa shape index (κ3) is 2.40. The van der Waals surface area contributed by atoms with Gasteiger partial charge in [-0.3, -0.25) is 14.3 Å². The molecule has 0 unspecified atom stereocenters. The fourth-order valence-corrected chi connectivity index (χ4v) is 3.79. The quantitative estimate of drug-likeness (QED) is 0.850. The molecule has 120 valence electrons. The van der Waals surface area contributed by atoms with Gasteiger partial charge in [-0.15, -0.1) is 0 Å². The summed E-state index contributed by atoms with van der Waals surface area (Å²) in [5.74, 6) is -0.757. The van der Waals surface area contributed by atoms with Crippen LogP contribution < -0.4 is 5.32 Å². The molecule has 2 aliphatic rings. The molecule has 1 aromatic rings. The highest BCUT2D eigenvalue weighted by Crippen LogP contribution is 2.44. The summed E-state index contributed by atoms with van der Waals surface area (Å²) >= 11 is 0. The fourth-order valence-electron chi connectivity index (χ4n) is 3.79. The standard InChI is InChI=1S/C16H23N3O3/c1-10-14(11(2)19(3)18-10)17-15(21)12-9-13(20)22-16(12)7-5-4-6-8-16/h12H,4-9H2,1-3H3,(H,17,21)/t12-/m1/s1. The van der Waals surface area contributed by atoms with Gasteiger partial charge in [-0.2, -0.15) is 5.10 Å². The normalized spacial score (nSPS) is 23.6. The Hall–Kier alpha value is -1.85. The number of nitrogens with zero attached hydrogens (tertiary/aromatic N) is 2. The van der Waals surface area contributed by atoms with E-state index in [1.807, 2.05) is 20.9 Å². The number of anilines is 1. The molecule has 1 spiro atoms. The molecule has 3 rings (SSSR count). The molecule has 0 aromatic carbocycles. The molecule has 2 fully saturated rings. The Kier molecular flexibility index (Phi) is 3.70. The first-order valence-corrected chi connectivity index (χ1v) is 7.96. The minimum Gasteiger partial charge on any atom is -0.458 e. The smallest absolute Gasteiger partial charge is 0.307 e. The highest BCUT2D eigenvalue weighted by atomic mass is 16.6. The van der Waals surface area contributed by atoms with Gasteiger partial charge in [0.25, 0.3) is 0 Å². The number of carbonyl (C=O) groups is 2. The Morgan fingerprint density at radius 1 is 1.32 bits per heavy atom. The van der Waals surface area contributed by atoms with Crippen LogP contribution in [0.3, 0.4) is 0 Å². The molecule has 1 saturated heterocycles. The summed E-state index contributed by atoms with van der Waals surface area (Å²) in [4.78, 5) is 24.6. The largest absolute Gasteiger partial charge is 0.458 e. The molecule has 1 aromatic heterocycles. The van der Waals surface area contributed by atoms with Gasteiger partial charge >= 0.3 is 5.97 Å². The molecule has 0 bridgehead atoms. The van der Waals surface area contributed by atoms with Crippen LogP contribution in [0.2, 0.25) is 0 Å². The summed E-state index contributed by atoms with van der Waals surface area (Å²) < 4.78 is 7.35. The second-order valence-corrected chi connectivity index (χ2v) is 6.51. The van der Waals surface area contributed by atoms with Crippen molar-refractivity contribution >= 4 is 17.6 Å². The van der Waals surface area contributed by atoms with E-state index in [-0.39, 0.29) is 24.2 Å². The summed E-state index contributed by atoms with van der Waals surface area (Å²) in [6.45, 7) is 3.79. The lowest BCUT2D eigenvalue weighted by Crippen LogP contribution is -2.43. The molecule has 22 heavy (non-hydrogen) atoms. The van der Waals surface area contributed by atoms with E-state index in [9.17, 15) is 9.59 Å². The van der Waals surface area contributed by atoms with Crippen LogP contribution in [0.4, 0.5) is 5.69 Å². The van der Waals surface area contributed by atoms with Crippen LogP contribution in [0.1, 0.15) is 49.9 Å². The zero-order valence-electron chi connectivity index (χ0n) is 13.4. The lowest BCUT2D eigenvalue weighted by atomic mass is 9.75. The maximum absolute atomic E-state index is 12.8. The lowest BCUT2D eigenvalue weighted by Gasteiger charge is -2.36. The predicted octanol–water partition coefficient (Wildman–Crippen LogP) is 2.24. The van der Waals surface area contributed by atoms with Gasteiger partial charge in [0.15, 0.2) is 0 Å². The van der Waals surface area contributed by atoms with Crippen molar-refractivity contribution in [2.75, 3.05) is 5.32 Å². The van der Waals surface area contributed by atoms with Crippen molar-refractivity contribution in [2.45, 2.75) is 58.0 Å². The van der Waals surface area contributed by atoms with E-state index in [1.165, 1.54) is 0 Å². The molecule has 1 amide bonds. The van der Waals surface area contributed by atoms with E-state index in [1.54, 1.807) is 4.68 Å². The number of hydrogen-bond donors (Lipinski definition) is 1. The van der Waals surface area contributed by atoms with Gasteiger partial charge < -0.3 is 10.1 Å². The third-order valence-electron chi connectivity index (χ3n) is 5.10. The fraction of sp³-hybridized carbons (Fsp3) is 0.688. The highest BCUT2D eigenvalue weighted by molar-refractivity contribution is 5.97. The summed E-state index contributed by atoms with van der Waals surface area (Å²) in [5, 5.41) is 7.29. The molecule has 6 heteroatoms. The van der Waals surface area contributed by atoms with Crippen molar-refractivity contribution < 1.29 is 14.3 Å². The summed E-state index contributed by atoms with van der Waals surface area (Å²) in [6.07, 6.45) is 4.95. The van der Waals surface area contributed by atoms with E-state index >= 15 is 0 Å². The summed E-state index contributed by atoms with van der Waals surface area (Å²) in [7, 11) is 1.85. The predicted molar refractivity (Wildman–Crippen MR) is 81.3 cm³/mol. The van der Waals surface area contributed by atoms with E-state index in [2.05, 4.69) is 10.4 Å². The number of aromatic nitrogens is 2. The average molecular weight is 305 g/mol. The van der Waals surface area contributed by atoms with Crippen LogP contribution in [0.5, 0.6) is 0 Å². The van der Waals surface area contributed by atoms with Gasteiger partial charge in [0.1, 0.15) is 5.60 Å². The van der Waals surface area contributed by atoms with E-state index in [4.69, 9.17) is 4.74 Å². The van der Waals surface area contributed by atoms with Crippen molar-refractivity contribution in [1.29, 1.82) is 0 Å². The van der Waals surface area contributed by atoms with Crippen LogP contribution in [0.25, 0.3) is 0 Å². The molecule has 1 saturated carbocycles. The van der Waals surface area contributed by atoms with E-state index in [0.29, 0.717) is 0 Å². The molecule has 1 N–H and O–H groups in total. The van der Waals surface area contributed by atoms with Crippen molar-refractivity contribution in [3.63, 3.8) is 0 Å². The molecule has 1 aliphatic carbocycles. The van der Waals surface area contributed by atoms with Gasteiger partial charge in [-0.1, -0.05) is 6.42 Å². The van der Waals surface area contributed by atoms with Gasteiger partial charge in [0, 0.05) is 7.05 Å². The Balaban J connectivity index is 1.82. The topological polar surface area (TPSA) is 73.2 Å². The molecule has 1 aliphatic heterocycles. The zero-order chi connectivity index (χ0) is 15.9. The van der Waals surface area contributed by atoms with Gasteiger partial charge in [-0.25, -0.2) is 0 Å². The Morgan fingerprint density at radius 3 is 2.59 bits per heavy atom. The Labute approximate surface area is 130 Å². The lowest BCUT2D eigenvalue weighted by molar-refractivity contribution is -0.153.